The van der Waals surface area contributed by atoms with E-state index in [-0.39, 0.29) is 30.7 Å². The second kappa shape index (κ2) is 7.79. The van der Waals surface area contributed by atoms with Crippen LogP contribution in [0.25, 0.3) is 0 Å². The summed E-state index contributed by atoms with van der Waals surface area (Å²) in [5.41, 5.74) is 0.618. The van der Waals surface area contributed by atoms with Crippen LogP contribution >= 0.6 is 0 Å². The number of para-hydroxylation sites is 1. The van der Waals surface area contributed by atoms with E-state index < -0.39 is 17.8 Å². The van der Waals surface area contributed by atoms with Crippen LogP contribution in [-0.2, 0) is 4.79 Å². The van der Waals surface area contributed by atoms with E-state index in [0.29, 0.717) is 5.69 Å². The van der Waals surface area contributed by atoms with E-state index in [0.717, 1.165) is 0 Å². The summed E-state index contributed by atoms with van der Waals surface area (Å²) in [6.07, 6.45) is 1.52. The first kappa shape index (κ1) is 16.3. The predicted octanol–water partition coefficient (Wildman–Crippen LogP) is 0.792. The Balaban J connectivity index is 2.00. The van der Waals surface area contributed by atoms with Gasteiger partial charge in [-0.05, 0) is 37.1 Å². The van der Waals surface area contributed by atoms with Crippen molar-refractivity contribution in [1.82, 2.24) is 5.32 Å². The maximum absolute atomic E-state index is 12.1. The van der Waals surface area contributed by atoms with Gasteiger partial charge in [-0.25, -0.2) is 0 Å². The number of carbonyl (C=O) groups is 3. The molecule has 2 amide bonds. The lowest BCUT2D eigenvalue weighted by Gasteiger charge is -2.11. The molecule has 120 valence electrons. The smallest absolute Gasteiger partial charge is 0.291 e. The van der Waals surface area contributed by atoms with Gasteiger partial charge >= 0.3 is 0 Å². The van der Waals surface area contributed by atoms with Crippen molar-refractivity contribution in [2.75, 3.05) is 11.9 Å². The summed E-state index contributed by atoms with van der Waals surface area (Å²) < 4.78 is 5.00. The van der Waals surface area contributed by atoms with Gasteiger partial charge in [0.15, 0.2) is 5.76 Å². The number of furan rings is 1. The normalized spacial score (nSPS) is 10.1. The first-order chi connectivity index (χ1) is 11.1. The van der Waals surface area contributed by atoms with E-state index >= 15 is 0 Å². The van der Waals surface area contributed by atoms with Crippen molar-refractivity contribution in [3.8, 4) is 0 Å². The molecule has 2 N–H and O–H groups in total. The number of anilines is 1. The van der Waals surface area contributed by atoms with Crippen LogP contribution in [0.1, 0.15) is 33.8 Å². The highest BCUT2D eigenvalue weighted by molar-refractivity contribution is 6.07. The molecule has 0 bridgehead atoms. The van der Waals surface area contributed by atoms with Gasteiger partial charge in [0.2, 0.25) is 0 Å². The summed E-state index contributed by atoms with van der Waals surface area (Å²) in [5.74, 6) is -1.90. The number of aliphatic carboxylic acids is 1. The van der Waals surface area contributed by atoms with Gasteiger partial charge in [0, 0.05) is 12.5 Å². The molecule has 0 saturated carbocycles. The highest BCUT2D eigenvalue weighted by Crippen LogP contribution is 2.16. The summed E-state index contributed by atoms with van der Waals surface area (Å²) in [7, 11) is 0. The molecule has 1 aromatic heterocycles. The molecule has 2 aromatic rings. The highest BCUT2D eigenvalue weighted by Gasteiger charge is 2.14. The number of carboxylic acids is 1. The summed E-state index contributed by atoms with van der Waals surface area (Å²) in [4.78, 5) is 34.4. The second-order valence-electron chi connectivity index (χ2n) is 4.71. The Morgan fingerprint density at radius 2 is 1.83 bits per heavy atom. The van der Waals surface area contributed by atoms with Crippen LogP contribution in [0.4, 0.5) is 5.69 Å². The third kappa shape index (κ3) is 4.70. The number of benzene rings is 1. The number of hydrogen-bond acceptors (Lipinski definition) is 5. The molecular weight excluding hydrogens is 300 g/mol. The highest BCUT2D eigenvalue weighted by atomic mass is 16.4. The fourth-order valence-corrected chi connectivity index (χ4v) is 1.91. The summed E-state index contributed by atoms with van der Waals surface area (Å²) >= 11 is 0. The van der Waals surface area contributed by atoms with Gasteiger partial charge in [0.25, 0.3) is 11.8 Å². The lowest BCUT2D eigenvalue weighted by atomic mass is 10.1. The summed E-state index contributed by atoms with van der Waals surface area (Å²) in [5, 5.41) is 15.5. The van der Waals surface area contributed by atoms with Crippen molar-refractivity contribution >= 4 is 23.5 Å². The molecule has 7 heteroatoms. The van der Waals surface area contributed by atoms with Crippen molar-refractivity contribution in [2.45, 2.75) is 12.8 Å². The standard InChI is InChI=1S/C16H16N2O5/c19-14(20)8-3-9-17-15(21)11-5-1-2-6-12(11)18-16(22)13-7-4-10-23-13/h1-2,4-7,10H,3,8-9H2,(H,17,21)(H,18,22)(H,19,20)/p-1. The van der Waals surface area contributed by atoms with Gasteiger partial charge < -0.3 is 25.0 Å². The van der Waals surface area contributed by atoms with Crippen LogP contribution in [-0.4, -0.2) is 24.3 Å². The Morgan fingerprint density at radius 3 is 2.52 bits per heavy atom. The number of rotatable bonds is 7. The average Bonchev–Trinajstić information content (AvgIpc) is 3.06. The molecule has 0 fully saturated rings. The van der Waals surface area contributed by atoms with Crippen LogP contribution in [0.5, 0.6) is 0 Å². The number of amides is 2. The monoisotopic (exact) mass is 315 g/mol. The lowest BCUT2D eigenvalue weighted by Crippen LogP contribution is -2.28. The van der Waals surface area contributed by atoms with E-state index in [2.05, 4.69) is 10.6 Å². The van der Waals surface area contributed by atoms with Crippen molar-refractivity contribution < 1.29 is 23.9 Å². The van der Waals surface area contributed by atoms with Crippen molar-refractivity contribution in [2.24, 2.45) is 0 Å². The zero-order chi connectivity index (χ0) is 16.7. The molecule has 0 saturated heterocycles. The van der Waals surface area contributed by atoms with Crippen molar-refractivity contribution in [1.29, 1.82) is 0 Å². The fraction of sp³-hybridized carbons (Fsp3) is 0.188. The minimum Gasteiger partial charge on any atom is -0.550 e. The number of carbonyl (C=O) groups excluding carboxylic acids is 3. The molecule has 1 heterocycles. The Kier molecular flexibility index (Phi) is 5.51. The molecule has 23 heavy (non-hydrogen) atoms. The molecule has 0 radical (unpaired) electrons. The van der Waals surface area contributed by atoms with E-state index in [1.165, 1.54) is 12.3 Å². The summed E-state index contributed by atoms with van der Waals surface area (Å²) in [6, 6.07) is 9.61. The van der Waals surface area contributed by atoms with Crippen molar-refractivity contribution in [3.05, 3.63) is 54.0 Å². The largest absolute Gasteiger partial charge is 0.550 e. The number of hydrogen-bond donors (Lipinski definition) is 2. The SMILES string of the molecule is O=C([O-])CCCNC(=O)c1ccccc1NC(=O)c1ccco1. The predicted molar refractivity (Wildman–Crippen MR) is 79.7 cm³/mol. The Hall–Kier alpha value is -3.09. The Morgan fingerprint density at radius 1 is 1.04 bits per heavy atom. The molecule has 7 nitrogen and oxygen atoms in total. The van der Waals surface area contributed by atoms with Crippen LogP contribution in [0.3, 0.4) is 0 Å². The van der Waals surface area contributed by atoms with Crippen molar-refractivity contribution in [3.63, 3.8) is 0 Å². The number of carboxylic acid groups (broad SMARTS) is 1. The lowest BCUT2D eigenvalue weighted by molar-refractivity contribution is -0.305. The minimum atomic E-state index is -1.16. The van der Waals surface area contributed by atoms with E-state index in [1.54, 1.807) is 30.3 Å². The zero-order valence-electron chi connectivity index (χ0n) is 12.2. The van der Waals surface area contributed by atoms with Gasteiger partial charge in [-0.15, -0.1) is 0 Å². The van der Waals surface area contributed by atoms with Crippen LogP contribution in [0, 0.1) is 0 Å². The van der Waals surface area contributed by atoms with E-state index in [9.17, 15) is 19.5 Å². The maximum Gasteiger partial charge on any atom is 0.291 e. The maximum atomic E-state index is 12.1. The quantitative estimate of drug-likeness (QED) is 0.734. The molecule has 0 spiro atoms. The van der Waals surface area contributed by atoms with Crippen LogP contribution in [0.2, 0.25) is 0 Å². The molecule has 0 aliphatic heterocycles. The Bertz CT molecular complexity index is 694. The second-order valence-corrected chi connectivity index (χ2v) is 4.71. The van der Waals surface area contributed by atoms with Crippen LogP contribution in [0.15, 0.2) is 47.1 Å². The average molecular weight is 315 g/mol. The molecule has 0 aliphatic rings. The van der Waals surface area contributed by atoms with Gasteiger partial charge in [-0.3, -0.25) is 9.59 Å². The molecule has 0 aliphatic carbocycles. The van der Waals surface area contributed by atoms with Crippen LogP contribution < -0.4 is 15.7 Å². The Labute approximate surface area is 132 Å². The van der Waals surface area contributed by atoms with E-state index in [1.807, 2.05) is 0 Å². The third-order valence-electron chi connectivity index (χ3n) is 3.01. The zero-order valence-corrected chi connectivity index (χ0v) is 12.2. The molecule has 0 unspecified atom stereocenters. The third-order valence-corrected chi connectivity index (χ3v) is 3.01. The first-order valence-electron chi connectivity index (χ1n) is 7.00. The molecule has 0 atom stereocenters. The minimum absolute atomic E-state index is 0.128. The molecular formula is C16H15N2O5-. The first-order valence-corrected chi connectivity index (χ1v) is 7.00. The van der Waals surface area contributed by atoms with Gasteiger partial charge in [-0.2, -0.15) is 0 Å². The topological polar surface area (TPSA) is 111 Å². The van der Waals surface area contributed by atoms with Gasteiger partial charge in [-0.1, -0.05) is 12.1 Å². The number of nitrogens with one attached hydrogen (secondary N) is 2. The van der Waals surface area contributed by atoms with Gasteiger partial charge in [0.05, 0.1) is 17.5 Å². The van der Waals surface area contributed by atoms with E-state index in [4.69, 9.17) is 4.42 Å². The fourth-order valence-electron chi connectivity index (χ4n) is 1.91. The molecule has 1 aromatic carbocycles. The summed E-state index contributed by atoms with van der Waals surface area (Å²) in [6.45, 7) is 0.202. The molecule has 2 rings (SSSR count). The van der Waals surface area contributed by atoms with Gasteiger partial charge in [0.1, 0.15) is 0 Å².